The van der Waals surface area contributed by atoms with E-state index >= 15 is 0 Å². The van der Waals surface area contributed by atoms with Crippen molar-refractivity contribution in [1.82, 2.24) is 0 Å². The summed E-state index contributed by atoms with van der Waals surface area (Å²) in [6.07, 6.45) is 1.75. The molecule has 0 saturated carbocycles. The second kappa shape index (κ2) is 5.85. The number of halogens is 2. The fourth-order valence-corrected chi connectivity index (χ4v) is 1.79. The molecule has 5 heteroatoms. The van der Waals surface area contributed by atoms with Crippen molar-refractivity contribution in [1.29, 1.82) is 0 Å². The first kappa shape index (κ1) is 14.5. The van der Waals surface area contributed by atoms with Crippen molar-refractivity contribution in [3.8, 4) is 0 Å². The molecule has 0 aliphatic rings. The van der Waals surface area contributed by atoms with E-state index in [1.54, 1.807) is 12.1 Å². The summed E-state index contributed by atoms with van der Waals surface area (Å²) in [5.41, 5.74) is 0.451. The minimum atomic E-state index is -1.31. The lowest BCUT2D eigenvalue weighted by molar-refractivity contribution is 0.561. The van der Waals surface area contributed by atoms with E-state index in [0.717, 1.165) is 0 Å². The summed E-state index contributed by atoms with van der Waals surface area (Å²) in [4.78, 5) is 0. The Labute approximate surface area is 109 Å². The summed E-state index contributed by atoms with van der Waals surface area (Å²) in [5, 5.41) is 0.0906. The third-order valence-electron chi connectivity index (χ3n) is 2.04. The van der Waals surface area contributed by atoms with Crippen LogP contribution in [-0.4, -0.2) is 15.5 Å². The van der Waals surface area contributed by atoms with Crippen LogP contribution in [0.4, 0.5) is 4.39 Å². The highest BCUT2D eigenvalue weighted by atomic mass is 35.5. The summed E-state index contributed by atoms with van der Waals surface area (Å²) in [6, 6.07) is 4.80. The van der Waals surface area contributed by atoms with Crippen LogP contribution in [0.3, 0.4) is 0 Å². The molecule has 0 aliphatic heterocycles. The molecule has 0 fully saturated rings. The number of benzene rings is 1. The predicted molar refractivity (Wildman–Crippen MR) is 71.5 cm³/mol. The first-order chi connectivity index (χ1) is 7.82. The highest BCUT2D eigenvalue weighted by Crippen LogP contribution is 2.19. The lowest BCUT2D eigenvalue weighted by Gasteiger charge is -2.17. The first-order valence-electron chi connectivity index (χ1n) is 5.20. The Morgan fingerprint density at radius 3 is 2.71 bits per heavy atom. The monoisotopic (exact) mass is 275 g/mol. The Hall–Kier alpha value is -0.580. The van der Waals surface area contributed by atoms with E-state index in [1.165, 1.54) is 12.3 Å². The molecule has 17 heavy (non-hydrogen) atoms. The van der Waals surface area contributed by atoms with Gasteiger partial charge in [0.1, 0.15) is 21.9 Å². The molecule has 0 bridgehead atoms. The van der Waals surface area contributed by atoms with E-state index < -0.39 is 21.9 Å². The van der Waals surface area contributed by atoms with Crippen LogP contribution in [-0.2, 0) is 17.8 Å². The summed E-state index contributed by atoms with van der Waals surface area (Å²) in [6.45, 7) is 5.50. The summed E-state index contributed by atoms with van der Waals surface area (Å²) in [7, 11) is 0. The molecule has 0 N–H and O–H groups in total. The van der Waals surface area contributed by atoms with Gasteiger partial charge in [-0.05, 0) is 32.4 Å². The van der Waals surface area contributed by atoms with Gasteiger partial charge in [-0.1, -0.05) is 28.1 Å². The maximum atomic E-state index is 13.5. The average molecular weight is 276 g/mol. The second-order valence-corrected chi connectivity index (χ2v) is 6.91. The van der Waals surface area contributed by atoms with Gasteiger partial charge >= 0.3 is 0 Å². The first-order valence-corrected chi connectivity index (χ1v) is 6.68. The highest BCUT2D eigenvalue weighted by Gasteiger charge is 2.25. The fraction of sp³-hybridized carbons (Fsp3) is 0.417. The smallest absolute Gasteiger partial charge is 0.145 e. The minimum absolute atomic E-state index is 0.0906. The molecule has 0 amide bonds. The largest absolute Gasteiger partial charge is 0.591 e. The molecule has 0 aromatic heterocycles. The number of rotatable bonds is 3. The van der Waals surface area contributed by atoms with Gasteiger partial charge in [0, 0.05) is 6.42 Å². The van der Waals surface area contributed by atoms with Crippen molar-refractivity contribution in [3.05, 3.63) is 34.6 Å². The molecular weight excluding hydrogens is 261 g/mol. The van der Waals surface area contributed by atoms with Crippen molar-refractivity contribution >= 4 is 29.2 Å². The molecule has 1 aromatic carbocycles. The maximum Gasteiger partial charge on any atom is 0.145 e. The van der Waals surface area contributed by atoms with Crippen LogP contribution >= 0.6 is 11.6 Å². The van der Waals surface area contributed by atoms with Gasteiger partial charge in [-0.25, -0.2) is 4.39 Å². The van der Waals surface area contributed by atoms with Crippen LogP contribution in [0.15, 0.2) is 22.6 Å². The lowest BCUT2D eigenvalue weighted by Crippen LogP contribution is -2.25. The molecule has 2 nitrogen and oxygen atoms in total. The molecule has 0 aliphatic carbocycles. The third-order valence-corrected chi connectivity index (χ3v) is 3.72. The zero-order valence-corrected chi connectivity index (χ0v) is 11.6. The molecule has 0 spiro atoms. The Morgan fingerprint density at radius 1 is 1.47 bits per heavy atom. The van der Waals surface area contributed by atoms with Gasteiger partial charge in [-0.15, -0.1) is 0 Å². The zero-order valence-electron chi connectivity index (χ0n) is 10.0. The van der Waals surface area contributed by atoms with Gasteiger partial charge in [0.05, 0.1) is 11.2 Å². The van der Waals surface area contributed by atoms with E-state index in [0.29, 0.717) is 5.56 Å². The topological polar surface area (TPSA) is 35.4 Å². The number of nitrogens with zero attached hydrogens (tertiary/aromatic N) is 1. The van der Waals surface area contributed by atoms with E-state index in [-0.39, 0.29) is 11.4 Å². The van der Waals surface area contributed by atoms with Gasteiger partial charge in [0.2, 0.25) is 0 Å². The molecule has 1 aromatic rings. The van der Waals surface area contributed by atoms with Gasteiger partial charge < -0.3 is 4.55 Å². The van der Waals surface area contributed by atoms with Crippen molar-refractivity contribution in [3.63, 3.8) is 0 Å². The normalized spacial score (nSPS) is 14.2. The Kier molecular flexibility index (Phi) is 4.98. The second-order valence-electron chi connectivity index (χ2n) is 4.57. The van der Waals surface area contributed by atoms with Crippen molar-refractivity contribution < 1.29 is 8.94 Å². The van der Waals surface area contributed by atoms with Gasteiger partial charge in [0.25, 0.3) is 0 Å². The third kappa shape index (κ3) is 4.30. The average Bonchev–Trinajstić information content (AvgIpc) is 2.22. The van der Waals surface area contributed by atoms with Crippen molar-refractivity contribution in [2.24, 2.45) is 4.40 Å². The molecule has 0 heterocycles. The van der Waals surface area contributed by atoms with E-state index in [4.69, 9.17) is 11.6 Å². The van der Waals surface area contributed by atoms with Crippen LogP contribution in [0.2, 0.25) is 5.02 Å². The maximum absolute atomic E-state index is 13.5. The van der Waals surface area contributed by atoms with Crippen LogP contribution < -0.4 is 0 Å². The quantitative estimate of drug-likeness (QED) is 0.614. The van der Waals surface area contributed by atoms with Crippen LogP contribution in [0.25, 0.3) is 0 Å². The van der Waals surface area contributed by atoms with Gasteiger partial charge in [-0.3, -0.25) is 0 Å². The zero-order chi connectivity index (χ0) is 13.1. The molecule has 1 unspecified atom stereocenters. The Morgan fingerprint density at radius 2 is 2.12 bits per heavy atom. The molecule has 94 valence electrons. The highest BCUT2D eigenvalue weighted by molar-refractivity contribution is 7.91. The number of hydrogen-bond donors (Lipinski definition) is 0. The van der Waals surface area contributed by atoms with Crippen LogP contribution in [0, 0.1) is 5.82 Å². The molecule has 0 radical (unpaired) electrons. The summed E-state index contributed by atoms with van der Waals surface area (Å²) >= 11 is 4.34. The molecular formula is C12H15ClFNOS. The van der Waals surface area contributed by atoms with E-state index in [9.17, 15) is 8.94 Å². The van der Waals surface area contributed by atoms with Crippen LogP contribution in [0.1, 0.15) is 26.3 Å². The SMILES string of the molecule is CC(C)(C)[S+]([O-])N=CCc1cccc(Cl)c1F. The molecule has 1 rings (SSSR count). The molecule has 1 atom stereocenters. The van der Waals surface area contributed by atoms with Crippen molar-refractivity contribution in [2.45, 2.75) is 31.9 Å². The summed E-state index contributed by atoms with van der Waals surface area (Å²) < 4.78 is 28.6. The standard InChI is InChI=1S/C12H15ClFNOS/c1-12(2,3)17(16)15-8-7-9-5-4-6-10(13)11(9)14/h4-6,8H,7H2,1-3H3. The van der Waals surface area contributed by atoms with Gasteiger partial charge in [0.15, 0.2) is 0 Å². The predicted octanol–water partition coefficient (Wildman–Crippen LogP) is 3.55. The summed E-state index contributed by atoms with van der Waals surface area (Å²) in [5.74, 6) is -0.442. The van der Waals surface area contributed by atoms with Crippen LogP contribution in [0.5, 0.6) is 0 Å². The fourth-order valence-electron chi connectivity index (χ4n) is 1.07. The van der Waals surface area contributed by atoms with Gasteiger partial charge in [-0.2, -0.15) is 0 Å². The lowest BCUT2D eigenvalue weighted by atomic mass is 10.1. The Bertz CT molecular complexity index is 417. The molecule has 0 saturated heterocycles. The number of hydrogen-bond acceptors (Lipinski definition) is 2. The van der Waals surface area contributed by atoms with Crippen molar-refractivity contribution in [2.75, 3.05) is 0 Å². The van der Waals surface area contributed by atoms with E-state index in [2.05, 4.69) is 4.40 Å². The van der Waals surface area contributed by atoms with E-state index in [1.807, 2.05) is 20.8 Å². The minimum Gasteiger partial charge on any atom is -0.591 e. The Balaban J connectivity index is 2.68.